The van der Waals surface area contributed by atoms with Crippen LogP contribution in [0.3, 0.4) is 0 Å². The molecule has 0 aromatic carbocycles. The third-order valence-corrected chi connectivity index (χ3v) is 1.75. The molecule has 0 amide bonds. The minimum Gasteiger partial charge on any atom is -0.790 e. The van der Waals surface area contributed by atoms with Gasteiger partial charge in [-0.3, -0.25) is 0 Å². The summed E-state index contributed by atoms with van der Waals surface area (Å²) in [5, 5.41) is 0. The molecule has 0 aromatic heterocycles. The summed E-state index contributed by atoms with van der Waals surface area (Å²) in [4.78, 5) is 19.9. The molecule has 0 spiro atoms. The summed E-state index contributed by atoms with van der Waals surface area (Å²) >= 11 is 0. The van der Waals surface area contributed by atoms with E-state index in [1.807, 2.05) is 0 Å². The molecule has 0 rings (SSSR count). The number of rotatable bonds is 4. The predicted octanol–water partition coefficient (Wildman–Crippen LogP) is 0.563. The van der Waals surface area contributed by atoms with Gasteiger partial charge in [0.15, 0.2) is 0 Å². The number of halogens is 3. The molecule has 13 heavy (non-hydrogen) atoms. The Kier molecular flexibility index (Phi) is 4.38. The Morgan fingerprint density at radius 2 is 1.92 bits per heavy atom. The second kappa shape index (κ2) is 4.41. The molecule has 0 heterocycles. The van der Waals surface area contributed by atoms with Crippen molar-refractivity contribution in [2.24, 2.45) is 0 Å². The highest BCUT2D eigenvalue weighted by atomic mass is 31.2. The molecule has 0 aliphatic carbocycles. The molecular formula is C5H8F3O4P-2. The highest BCUT2D eigenvalue weighted by molar-refractivity contribution is 7.43. The summed E-state index contributed by atoms with van der Waals surface area (Å²) in [5.74, 6) is 0. The maximum absolute atomic E-state index is 11.7. The van der Waals surface area contributed by atoms with Gasteiger partial charge in [0.25, 0.3) is 0 Å². The van der Waals surface area contributed by atoms with Gasteiger partial charge in [-0.1, -0.05) is 6.92 Å². The molecule has 0 aliphatic rings. The lowest BCUT2D eigenvalue weighted by Crippen LogP contribution is -2.26. The Hall–Kier alpha value is -0.100. The number of phosphoric ester groups is 1. The maximum atomic E-state index is 11.7. The molecule has 0 aromatic rings. The van der Waals surface area contributed by atoms with Crippen LogP contribution in [0.15, 0.2) is 0 Å². The Bertz CT molecular complexity index is 198. The maximum Gasteiger partial charge on any atom is 0.391 e. The Balaban J connectivity index is 4.13. The van der Waals surface area contributed by atoms with Gasteiger partial charge in [0, 0.05) is 0 Å². The van der Waals surface area contributed by atoms with Gasteiger partial charge in [-0.05, 0) is 6.42 Å². The SMILES string of the molecule is CCC(CC(F)(F)F)OP(=O)([O-])[O-]. The first kappa shape index (κ1) is 12.9. The topological polar surface area (TPSA) is 72.4 Å². The lowest BCUT2D eigenvalue weighted by molar-refractivity contribution is -0.346. The zero-order chi connectivity index (χ0) is 10.7. The quantitative estimate of drug-likeness (QED) is 0.649. The fraction of sp³-hybridized carbons (Fsp3) is 1.00. The third-order valence-electron chi connectivity index (χ3n) is 1.19. The van der Waals surface area contributed by atoms with Crippen LogP contribution in [0.4, 0.5) is 13.2 Å². The number of alkyl halides is 3. The summed E-state index contributed by atoms with van der Waals surface area (Å²) in [5.41, 5.74) is 0. The van der Waals surface area contributed by atoms with Crippen molar-refractivity contribution in [1.29, 1.82) is 0 Å². The van der Waals surface area contributed by atoms with Gasteiger partial charge in [0.2, 0.25) is 0 Å². The summed E-state index contributed by atoms with van der Waals surface area (Å²) in [7, 11) is -5.32. The first-order valence-electron chi connectivity index (χ1n) is 3.41. The van der Waals surface area contributed by atoms with E-state index in [0.29, 0.717) is 0 Å². The zero-order valence-electron chi connectivity index (χ0n) is 6.71. The average molecular weight is 220 g/mol. The van der Waals surface area contributed by atoms with Gasteiger partial charge in [0.05, 0.1) is 20.3 Å². The van der Waals surface area contributed by atoms with Crippen molar-refractivity contribution in [3.05, 3.63) is 0 Å². The van der Waals surface area contributed by atoms with Crippen LogP contribution in [0.2, 0.25) is 0 Å². The van der Waals surface area contributed by atoms with E-state index in [1.165, 1.54) is 6.92 Å². The zero-order valence-corrected chi connectivity index (χ0v) is 7.60. The van der Waals surface area contributed by atoms with Crippen molar-refractivity contribution in [2.45, 2.75) is 32.0 Å². The molecule has 1 unspecified atom stereocenters. The normalized spacial score (nSPS) is 15.8. The first-order chi connectivity index (χ1) is 5.64. The van der Waals surface area contributed by atoms with Crippen LogP contribution in [0, 0.1) is 0 Å². The van der Waals surface area contributed by atoms with Crippen molar-refractivity contribution in [3.8, 4) is 0 Å². The molecule has 0 N–H and O–H groups in total. The summed E-state index contributed by atoms with van der Waals surface area (Å²) in [6.45, 7) is 1.30. The fourth-order valence-corrected chi connectivity index (χ4v) is 1.29. The smallest absolute Gasteiger partial charge is 0.391 e. The number of hydrogen-bond donors (Lipinski definition) is 0. The van der Waals surface area contributed by atoms with Crippen LogP contribution in [-0.2, 0) is 9.09 Å². The Labute approximate surface area is 72.9 Å². The molecule has 4 nitrogen and oxygen atoms in total. The van der Waals surface area contributed by atoms with E-state index in [2.05, 4.69) is 4.52 Å². The Morgan fingerprint density at radius 3 is 2.15 bits per heavy atom. The van der Waals surface area contributed by atoms with Gasteiger partial charge in [0.1, 0.15) is 0 Å². The Morgan fingerprint density at radius 1 is 1.46 bits per heavy atom. The molecule has 0 aliphatic heterocycles. The highest BCUT2D eigenvalue weighted by Crippen LogP contribution is 2.33. The standard InChI is InChI=1S/C5H10F3O4P/c1-2-4(3-5(6,7)8)12-13(9,10)11/h4H,2-3H2,1H3,(H2,9,10,11)/p-2. The van der Waals surface area contributed by atoms with Crippen LogP contribution in [0.5, 0.6) is 0 Å². The number of phosphoric acid groups is 1. The van der Waals surface area contributed by atoms with E-state index < -0.39 is 26.5 Å². The lowest BCUT2D eigenvalue weighted by Gasteiger charge is -2.33. The van der Waals surface area contributed by atoms with E-state index in [-0.39, 0.29) is 6.42 Å². The van der Waals surface area contributed by atoms with Gasteiger partial charge < -0.3 is 18.9 Å². The van der Waals surface area contributed by atoms with Crippen LogP contribution < -0.4 is 9.79 Å². The van der Waals surface area contributed by atoms with Gasteiger partial charge in [-0.2, -0.15) is 13.2 Å². The largest absolute Gasteiger partial charge is 0.790 e. The van der Waals surface area contributed by atoms with E-state index in [0.717, 1.165) is 0 Å². The van der Waals surface area contributed by atoms with E-state index in [9.17, 15) is 27.5 Å². The molecule has 80 valence electrons. The molecular weight excluding hydrogens is 212 g/mol. The fourth-order valence-electron chi connectivity index (χ4n) is 0.697. The number of hydrogen-bond acceptors (Lipinski definition) is 4. The lowest BCUT2D eigenvalue weighted by atomic mass is 10.2. The molecule has 1 atom stereocenters. The van der Waals surface area contributed by atoms with Gasteiger partial charge in [-0.15, -0.1) is 0 Å². The highest BCUT2D eigenvalue weighted by Gasteiger charge is 2.32. The summed E-state index contributed by atoms with van der Waals surface area (Å²) in [6.07, 6.45) is -7.76. The summed E-state index contributed by atoms with van der Waals surface area (Å²) in [6, 6.07) is 0. The van der Waals surface area contributed by atoms with E-state index >= 15 is 0 Å². The van der Waals surface area contributed by atoms with Crippen molar-refractivity contribution < 1.29 is 32.0 Å². The second-order valence-electron chi connectivity index (χ2n) is 2.40. The van der Waals surface area contributed by atoms with E-state index in [1.54, 1.807) is 0 Å². The minimum absolute atomic E-state index is 0.187. The molecule has 8 heteroatoms. The van der Waals surface area contributed by atoms with Crippen molar-refractivity contribution >= 4 is 7.82 Å². The van der Waals surface area contributed by atoms with E-state index in [4.69, 9.17) is 0 Å². The van der Waals surface area contributed by atoms with Crippen molar-refractivity contribution in [2.75, 3.05) is 0 Å². The minimum atomic E-state index is -5.32. The second-order valence-corrected chi connectivity index (χ2v) is 3.51. The first-order valence-corrected chi connectivity index (χ1v) is 4.87. The van der Waals surface area contributed by atoms with Crippen LogP contribution in [0.1, 0.15) is 19.8 Å². The molecule has 0 bridgehead atoms. The van der Waals surface area contributed by atoms with Gasteiger partial charge >= 0.3 is 6.18 Å². The van der Waals surface area contributed by atoms with Crippen molar-refractivity contribution in [3.63, 3.8) is 0 Å². The van der Waals surface area contributed by atoms with Crippen LogP contribution >= 0.6 is 7.82 Å². The van der Waals surface area contributed by atoms with Crippen molar-refractivity contribution in [1.82, 2.24) is 0 Å². The van der Waals surface area contributed by atoms with Crippen LogP contribution in [0.25, 0.3) is 0 Å². The third kappa shape index (κ3) is 8.24. The predicted molar refractivity (Wildman–Crippen MR) is 33.4 cm³/mol. The summed E-state index contributed by atoms with van der Waals surface area (Å²) < 4.78 is 48.7. The van der Waals surface area contributed by atoms with Crippen LogP contribution in [-0.4, -0.2) is 12.3 Å². The monoisotopic (exact) mass is 220 g/mol. The molecule has 0 fully saturated rings. The molecule has 0 radical (unpaired) electrons. The average Bonchev–Trinajstić information content (AvgIpc) is 1.79. The molecule has 0 saturated carbocycles. The van der Waals surface area contributed by atoms with Gasteiger partial charge in [-0.25, -0.2) is 0 Å². The molecule has 0 saturated heterocycles.